The van der Waals surface area contributed by atoms with Crippen LogP contribution in [0.3, 0.4) is 0 Å². The third-order valence-electron chi connectivity index (χ3n) is 4.85. The molecule has 1 fully saturated rings. The van der Waals surface area contributed by atoms with Crippen molar-refractivity contribution >= 4 is 0 Å². The number of benzene rings is 1. The van der Waals surface area contributed by atoms with E-state index in [-0.39, 0.29) is 5.54 Å². The molecule has 0 spiro atoms. The molecule has 1 aromatic heterocycles. The van der Waals surface area contributed by atoms with Crippen molar-refractivity contribution in [3.63, 3.8) is 0 Å². The summed E-state index contributed by atoms with van der Waals surface area (Å²) in [6, 6.07) is 8.78. The lowest BCUT2D eigenvalue weighted by molar-refractivity contribution is 0.345. The fourth-order valence-corrected chi connectivity index (χ4v) is 3.23. The van der Waals surface area contributed by atoms with E-state index in [4.69, 9.17) is 10.3 Å². The van der Waals surface area contributed by atoms with Crippen LogP contribution in [0.4, 0.5) is 0 Å². The molecule has 2 aromatic rings. The van der Waals surface area contributed by atoms with Crippen molar-refractivity contribution in [3.05, 3.63) is 47.1 Å². The second-order valence-corrected chi connectivity index (χ2v) is 6.58. The van der Waals surface area contributed by atoms with E-state index in [1.54, 1.807) is 0 Å². The molecule has 0 amide bonds. The van der Waals surface area contributed by atoms with Gasteiger partial charge in [0.1, 0.15) is 0 Å². The molecule has 0 aliphatic heterocycles. The van der Waals surface area contributed by atoms with Gasteiger partial charge in [-0.1, -0.05) is 56.1 Å². The van der Waals surface area contributed by atoms with Crippen molar-refractivity contribution in [2.24, 2.45) is 5.73 Å². The molecule has 4 nitrogen and oxygen atoms in total. The standard InChI is InChI=1S/C18H25N3O/c1-3-14-6-8-15(9-7-14)13(2)12-16-20-17(21-22-16)18(19)10-4-5-11-18/h6-9,13H,3-5,10-12,19H2,1-2H3. The number of nitrogens with zero attached hydrogens (tertiary/aromatic N) is 2. The van der Waals surface area contributed by atoms with Gasteiger partial charge in [0.05, 0.1) is 5.54 Å². The minimum Gasteiger partial charge on any atom is -0.339 e. The Labute approximate surface area is 132 Å². The molecule has 1 heterocycles. The van der Waals surface area contributed by atoms with Gasteiger partial charge in [0.25, 0.3) is 0 Å². The summed E-state index contributed by atoms with van der Waals surface area (Å²) in [6.07, 6.45) is 6.05. The van der Waals surface area contributed by atoms with Crippen LogP contribution in [0.2, 0.25) is 0 Å². The topological polar surface area (TPSA) is 64.9 Å². The van der Waals surface area contributed by atoms with Crippen molar-refractivity contribution in [2.75, 3.05) is 0 Å². The molecule has 2 N–H and O–H groups in total. The summed E-state index contributed by atoms with van der Waals surface area (Å²) < 4.78 is 5.44. The Balaban J connectivity index is 1.68. The number of rotatable bonds is 5. The molecule has 1 unspecified atom stereocenters. The SMILES string of the molecule is CCc1ccc(C(C)Cc2nc(C3(N)CCCC3)no2)cc1. The maximum absolute atomic E-state index is 6.38. The van der Waals surface area contributed by atoms with Crippen LogP contribution < -0.4 is 5.73 Å². The first-order valence-corrected chi connectivity index (χ1v) is 8.31. The quantitative estimate of drug-likeness (QED) is 0.914. The van der Waals surface area contributed by atoms with Crippen LogP contribution in [0.1, 0.15) is 68.3 Å². The molecule has 0 bridgehead atoms. The smallest absolute Gasteiger partial charge is 0.227 e. The first kappa shape index (κ1) is 15.2. The highest BCUT2D eigenvalue weighted by molar-refractivity contribution is 5.25. The second-order valence-electron chi connectivity index (χ2n) is 6.58. The van der Waals surface area contributed by atoms with Gasteiger partial charge in [-0.15, -0.1) is 0 Å². The highest BCUT2D eigenvalue weighted by atomic mass is 16.5. The summed E-state index contributed by atoms with van der Waals surface area (Å²) in [5.41, 5.74) is 8.68. The molecular weight excluding hydrogens is 274 g/mol. The van der Waals surface area contributed by atoms with Gasteiger partial charge < -0.3 is 10.3 Å². The largest absolute Gasteiger partial charge is 0.339 e. The van der Waals surface area contributed by atoms with Gasteiger partial charge in [0, 0.05) is 6.42 Å². The van der Waals surface area contributed by atoms with Gasteiger partial charge in [-0.2, -0.15) is 4.98 Å². The molecule has 1 atom stereocenters. The lowest BCUT2D eigenvalue weighted by atomic mass is 9.96. The van der Waals surface area contributed by atoms with Crippen LogP contribution >= 0.6 is 0 Å². The fourth-order valence-electron chi connectivity index (χ4n) is 3.23. The lowest BCUT2D eigenvalue weighted by Crippen LogP contribution is -2.34. The molecule has 1 saturated carbocycles. The molecule has 0 saturated heterocycles. The minimum atomic E-state index is -0.367. The van der Waals surface area contributed by atoms with Crippen LogP contribution in [0.5, 0.6) is 0 Å². The Hall–Kier alpha value is -1.68. The molecule has 118 valence electrons. The van der Waals surface area contributed by atoms with Gasteiger partial charge >= 0.3 is 0 Å². The van der Waals surface area contributed by atoms with Crippen LogP contribution in [0, 0.1) is 0 Å². The molecule has 4 heteroatoms. The highest BCUT2D eigenvalue weighted by Crippen LogP contribution is 2.34. The fraction of sp³-hybridized carbons (Fsp3) is 0.556. The third-order valence-corrected chi connectivity index (χ3v) is 4.85. The van der Waals surface area contributed by atoms with Crippen molar-refractivity contribution < 1.29 is 4.52 Å². The van der Waals surface area contributed by atoms with Crippen LogP contribution in [0.15, 0.2) is 28.8 Å². The molecule has 1 aromatic carbocycles. The maximum atomic E-state index is 6.38. The number of aryl methyl sites for hydroxylation is 1. The molecule has 1 aliphatic rings. The second kappa shape index (κ2) is 6.21. The first-order chi connectivity index (χ1) is 10.6. The third kappa shape index (κ3) is 3.07. The molecular formula is C18H25N3O. The lowest BCUT2D eigenvalue weighted by Gasteiger charge is -2.17. The molecule has 22 heavy (non-hydrogen) atoms. The van der Waals surface area contributed by atoms with E-state index in [0.717, 1.165) is 38.5 Å². The average Bonchev–Trinajstić information content (AvgIpc) is 3.17. The summed E-state index contributed by atoms with van der Waals surface area (Å²) in [7, 11) is 0. The number of aromatic nitrogens is 2. The van der Waals surface area contributed by atoms with E-state index >= 15 is 0 Å². The Morgan fingerprint density at radius 1 is 1.23 bits per heavy atom. The van der Waals surface area contributed by atoms with Gasteiger partial charge in [0.2, 0.25) is 5.89 Å². The summed E-state index contributed by atoms with van der Waals surface area (Å²) in [4.78, 5) is 4.56. The molecule has 0 radical (unpaired) electrons. The van der Waals surface area contributed by atoms with Gasteiger partial charge in [-0.05, 0) is 36.3 Å². The van der Waals surface area contributed by atoms with Crippen molar-refractivity contribution in [2.45, 2.75) is 63.8 Å². The summed E-state index contributed by atoms with van der Waals surface area (Å²) in [5, 5.41) is 4.13. The van der Waals surface area contributed by atoms with Crippen LogP contribution in [-0.4, -0.2) is 10.1 Å². The predicted octanol–water partition coefficient (Wildman–Crippen LogP) is 3.71. The zero-order valence-corrected chi connectivity index (χ0v) is 13.5. The van der Waals surface area contributed by atoms with Gasteiger partial charge in [0.15, 0.2) is 5.82 Å². The normalized spacial score (nSPS) is 18.5. The van der Waals surface area contributed by atoms with E-state index in [9.17, 15) is 0 Å². The summed E-state index contributed by atoms with van der Waals surface area (Å²) >= 11 is 0. The maximum Gasteiger partial charge on any atom is 0.227 e. The van der Waals surface area contributed by atoms with Gasteiger partial charge in [-0.3, -0.25) is 0 Å². The zero-order valence-electron chi connectivity index (χ0n) is 13.5. The van der Waals surface area contributed by atoms with Gasteiger partial charge in [-0.25, -0.2) is 0 Å². The minimum absolute atomic E-state index is 0.358. The number of hydrogen-bond acceptors (Lipinski definition) is 4. The van der Waals surface area contributed by atoms with E-state index in [2.05, 4.69) is 48.3 Å². The van der Waals surface area contributed by atoms with E-state index < -0.39 is 0 Å². The number of nitrogens with two attached hydrogens (primary N) is 1. The van der Waals surface area contributed by atoms with E-state index in [0.29, 0.717) is 17.6 Å². The summed E-state index contributed by atoms with van der Waals surface area (Å²) in [6.45, 7) is 4.36. The number of hydrogen-bond donors (Lipinski definition) is 1. The van der Waals surface area contributed by atoms with E-state index in [1.165, 1.54) is 11.1 Å². The molecule has 1 aliphatic carbocycles. The summed E-state index contributed by atoms with van der Waals surface area (Å²) in [5.74, 6) is 1.74. The van der Waals surface area contributed by atoms with Crippen molar-refractivity contribution in [1.82, 2.24) is 10.1 Å². The zero-order chi connectivity index (χ0) is 15.6. The Morgan fingerprint density at radius 2 is 1.91 bits per heavy atom. The highest BCUT2D eigenvalue weighted by Gasteiger charge is 2.36. The monoisotopic (exact) mass is 299 g/mol. The predicted molar refractivity (Wildman–Crippen MR) is 86.6 cm³/mol. The average molecular weight is 299 g/mol. The Bertz CT molecular complexity index is 612. The Kier molecular flexibility index (Phi) is 4.30. The molecule has 3 rings (SSSR count). The Morgan fingerprint density at radius 3 is 2.55 bits per heavy atom. The van der Waals surface area contributed by atoms with Crippen molar-refractivity contribution in [1.29, 1.82) is 0 Å². The first-order valence-electron chi connectivity index (χ1n) is 8.31. The van der Waals surface area contributed by atoms with Crippen LogP contribution in [-0.2, 0) is 18.4 Å². The van der Waals surface area contributed by atoms with E-state index in [1.807, 2.05) is 0 Å². The van der Waals surface area contributed by atoms with Crippen LogP contribution in [0.25, 0.3) is 0 Å². The van der Waals surface area contributed by atoms with Crippen molar-refractivity contribution in [3.8, 4) is 0 Å².